The molecule has 1 aliphatic heterocycles. The minimum atomic E-state index is -0.932. The van der Waals surface area contributed by atoms with Gasteiger partial charge in [-0.25, -0.2) is 8.78 Å². The van der Waals surface area contributed by atoms with Crippen molar-refractivity contribution in [3.8, 4) is 22.4 Å². The van der Waals surface area contributed by atoms with Crippen LogP contribution in [0, 0.1) is 11.6 Å². The van der Waals surface area contributed by atoms with Crippen molar-refractivity contribution < 1.29 is 18.4 Å². The first-order chi connectivity index (χ1) is 18.0. The van der Waals surface area contributed by atoms with Crippen LogP contribution in [0.4, 0.5) is 14.5 Å². The first kappa shape index (κ1) is 22.5. The van der Waals surface area contributed by atoms with Gasteiger partial charge in [-0.05, 0) is 47.0 Å². The van der Waals surface area contributed by atoms with E-state index in [2.05, 4.69) is 15.4 Å². The molecule has 5 aromatic rings. The van der Waals surface area contributed by atoms with Crippen LogP contribution in [0.15, 0.2) is 91.0 Å². The molecule has 0 bridgehead atoms. The lowest BCUT2D eigenvalue weighted by Crippen LogP contribution is -2.22. The average molecular weight is 492 g/mol. The highest BCUT2D eigenvalue weighted by Crippen LogP contribution is 2.34. The van der Waals surface area contributed by atoms with Gasteiger partial charge < -0.3 is 4.90 Å². The van der Waals surface area contributed by atoms with Crippen molar-refractivity contribution in [2.24, 2.45) is 0 Å². The van der Waals surface area contributed by atoms with Crippen molar-refractivity contribution >= 4 is 17.4 Å². The van der Waals surface area contributed by atoms with Crippen molar-refractivity contribution in [1.29, 1.82) is 0 Å². The molecule has 0 atom stereocenters. The monoisotopic (exact) mass is 492 g/mol. The van der Waals surface area contributed by atoms with E-state index in [4.69, 9.17) is 0 Å². The molecule has 2 heterocycles. The fourth-order valence-electron chi connectivity index (χ4n) is 4.50. The Morgan fingerprint density at radius 1 is 0.784 bits per heavy atom. The van der Waals surface area contributed by atoms with E-state index in [1.165, 1.54) is 6.07 Å². The fraction of sp³-hybridized carbons (Fsp3) is 0.0345. The molecule has 8 heteroatoms. The number of amides is 1. The molecule has 6 rings (SSSR count). The van der Waals surface area contributed by atoms with Gasteiger partial charge in [-0.2, -0.15) is 15.4 Å². The Morgan fingerprint density at radius 2 is 1.57 bits per heavy atom. The van der Waals surface area contributed by atoms with Crippen LogP contribution in [0.3, 0.4) is 0 Å². The molecule has 1 amide bonds. The van der Waals surface area contributed by atoms with Gasteiger partial charge in [-0.3, -0.25) is 9.59 Å². The quantitative estimate of drug-likeness (QED) is 0.314. The Balaban J connectivity index is 1.31. The molecule has 0 fully saturated rings. The summed E-state index contributed by atoms with van der Waals surface area (Å²) in [6, 6.07) is 25.0. The molecule has 1 aromatic heterocycles. The number of fused-ring (bicyclic) bond motifs is 1. The van der Waals surface area contributed by atoms with Crippen LogP contribution in [-0.4, -0.2) is 27.1 Å². The molecule has 0 radical (unpaired) electrons. The van der Waals surface area contributed by atoms with E-state index in [-0.39, 0.29) is 17.4 Å². The highest BCUT2D eigenvalue weighted by molar-refractivity contribution is 6.13. The number of ketones is 1. The van der Waals surface area contributed by atoms with Crippen molar-refractivity contribution in [3.63, 3.8) is 0 Å². The maximum Gasteiger partial charge on any atom is 0.258 e. The summed E-state index contributed by atoms with van der Waals surface area (Å²) in [4.78, 5) is 28.0. The Morgan fingerprint density at radius 3 is 2.38 bits per heavy atom. The van der Waals surface area contributed by atoms with Crippen LogP contribution in [0.1, 0.15) is 32.0 Å². The smallest absolute Gasteiger partial charge is 0.258 e. The number of H-pyrrole nitrogens is 1. The molecular weight excluding hydrogens is 474 g/mol. The zero-order chi connectivity index (χ0) is 25.5. The van der Waals surface area contributed by atoms with Gasteiger partial charge in [0.1, 0.15) is 5.69 Å². The third kappa shape index (κ3) is 3.98. The van der Waals surface area contributed by atoms with E-state index in [0.717, 1.165) is 17.7 Å². The Kier molecular flexibility index (Phi) is 5.41. The second-order valence-electron chi connectivity index (χ2n) is 8.66. The van der Waals surface area contributed by atoms with Crippen molar-refractivity contribution in [2.75, 3.05) is 4.90 Å². The third-order valence-corrected chi connectivity index (χ3v) is 6.40. The highest BCUT2D eigenvalue weighted by Gasteiger charge is 2.30. The molecule has 4 aromatic carbocycles. The lowest BCUT2D eigenvalue weighted by Gasteiger charge is -2.17. The van der Waals surface area contributed by atoms with Gasteiger partial charge in [0.05, 0.1) is 6.54 Å². The van der Waals surface area contributed by atoms with Crippen molar-refractivity contribution in [3.05, 3.63) is 125 Å². The molecule has 1 N–H and O–H groups in total. The lowest BCUT2D eigenvalue weighted by molar-refractivity contribution is 0.0995. The number of aromatic amines is 1. The van der Waals surface area contributed by atoms with E-state index in [0.29, 0.717) is 45.7 Å². The number of rotatable bonds is 5. The van der Waals surface area contributed by atoms with Gasteiger partial charge in [0, 0.05) is 22.4 Å². The topological polar surface area (TPSA) is 79.0 Å². The molecule has 0 unspecified atom stereocenters. The number of anilines is 1. The van der Waals surface area contributed by atoms with Gasteiger partial charge in [0.25, 0.3) is 5.91 Å². The molecule has 37 heavy (non-hydrogen) atoms. The Hall–Kier alpha value is -4.98. The number of nitrogens with one attached hydrogen (secondary N) is 1. The second kappa shape index (κ2) is 8.91. The molecule has 0 saturated carbocycles. The summed E-state index contributed by atoms with van der Waals surface area (Å²) in [5.41, 5.74) is 4.74. The molecule has 0 aliphatic carbocycles. The van der Waals surface area contributed by atoms with Crippen molar-refractivity contribution in [1.82, 2.24) is 15.4 Å². The van der Waals surface area contributed by atoms with Crippen LogP contribution < -0.4 is 4.90 Å². The molecule has 0 saturated heterocycles. The summed E-state index contributed by atoms with van der Waals surface area (Å²) in [7, 11) is 0. The predicted molar refractivity (Wildman–Crippen MR) is 134 cm³/mol. The van der Waals surface area contributed by atoms with E-state index >= 15 is 0 Å². The first-order valence-electron chi connectivity index (χ1n) is 11.5. The summed E-state index contributed by atoms with van der Waals surface area (Å²) in [6.07, 6.45) is 0. The Labute approximate surface area is 210 Å². The maximum atomic E-state index is 13.8. The van der Waals surface area contributed by atoms with Crippen LogP contribution >= 0.6 is 0 Å². The third-order valence-electron chi connectivity index (χ3n) is 6.40. The number of carbonyl (C=O) groups is 2. The summed E-state index contributed by atoms with van der Waals surface area (Å²) in [5.74, 6) is -2.33. The van der Waals surface area contributed by atoms with Gasteiger partial charge in [-0.1, -0.05) is 60.7 Å². The number of nitrogens with zero attached hydrogens (tertiary/aromatic N) is 3. The van der Waals surface area contributed by atoms with Crippen molar-refractivity contribution in [2.45, 2.75) is 6.54 Å². The maximum absolute atomic E-state index is 13.8. The molecule has 180 valence electrons. The summed E-state index contributed by atoms with van der Waals surface area (Å²) in [5, 5.41) is 10.8. The molecule has 1 aliphatic rings. The number of carbonyl (C=O) groups excluding carboxylic acids is 2. The van der Waals surface area contributed by atoms with Crippen LogP contribution in [0.2, 0.25) is 0 Å². The average Bonchev–Trinajstić information content (AvgIpc) is 3.55. The van der Waals surface area contributed by atoms with E-state index in [1.54, 1.807) is 59.5 Å². The van der Waals surface area contributed by atoms with E-state index < -0.39 is 11.6 Å². The summed E-state index contributed by atoms with van der Waals surface area (Å²) in [6.45, 7) is 0.351. The Bertz CT molecular complexity index is 1680. The lowest BCUT2D eigenvalue weighted by atomic mass is 10.00. The fourth-order valence-corrected chi connectivity index (χ4v) is 4.50. The van der Waals surface area contributed by atoms with E-state index in [1.807, 2.05) is 18.2 Å². The molecular formula is C29H18F2N4O2. The van der Waals surface area contributed by atoms with Crippen LogP contribution in [0.5, 0.6) is 0 Å². The zero-order valence-electron chi connectivity index (χ0n) is 19.3. The summed E-state index contributed by atoms with van der Waals surface area (Å²) >= 11 is 0. The number of aromatic nitrogens is 3. The normalized spacial score (nSPS) is 12.6. The highest BCUT2D eigenvalue weighted by atomic mass is 19.2. The minimum Gasteiger partial charge on any atom is -0.304 e. The van der Waals surface area contributed by atoms with Gasteiger partial charge in [0.2, 0.25) is 5.78 Å². The number of halogens is 2. The van der Waals surface area contributed by atoms with E-state index in [9.17, 15) is 18.4 Å². The minimum absolute atomic E-state index is 0.174. The zero-order valence-corrected chi connectivity index (χ0v) is 19.3. The molecule has 0 spiro atoms. The largest absolute Gasteiger partial charge is 0.304 e. The van der Waals surface area contributed by atoms with Gasteiger partial charge >= 0.3 is 0 Å². The number of hydrogen-bond donors (Lipinski definition) is 1. The first-order valence-corrected chi connectivity index (χ1v) is 11.5. The predicted octanol–water partition coefficient (Wildman–Crippen LogP) is 5.81. The standard InChI is InChI=1S/C29H18F2N4O2/c30-24-12-11-19(15-25(24)31)18-7-4-8-22(13-18)35-16-21-10-9-20(14-23(21)29(35)37)26-27(33-34-32-26)28(36)17-5-2-1-3-6-17/h1-15H,16H2,(H,32,33,34). The van der Waals surface area contributed by atoms with Crippen LogP contribution in [-0.2, 0) is 6.54 Å². The SMILES string of the molecule is O=C(c1ccccc1)c1n[nH]nc1-c1ccc2c(c1)C(=O)N(c1cccc(-c3ccc(F)c(F)c3)c1)C2. The number of benzene rings is 4. The van der Waals surface area contributed by atoms with Gasteiger partial charge in [-0.15, -0.1) is 0 Å². The molecule has 6 nitrogen and oxygen atoms in total. The van der Waals surface area contributed by atoms with Gasteiger partial charge in [0.15, 0.2) is 17.3 Å². The second-order valence-corrected chi connectivity index (χ2v) is 8.66. The number of hydrogen-bond acceptors (Lipinski definition) is 4. The summed E-state index contributed by atoms with van der Waals surface area (Å²) < 4.78 is 27.1. The van der Waals surface area contributed by atoms with Crippen LogP contribution in [0.25, 0.3) is 22.4 Å².